The van der Waals surface area contributed by atoms with E-state index in [2.05, 4.69) is 5.32 Å². The number of benzene rings is 2. The molecule has 1 amide bonds. The van der Waals surface area contributed by atoms with E-state index in [1.807, 2.05) is 38.1 Å². The number of amides is 1. The molecule has 2 unspecified atom stereocenters. The van der Waals surface area contributed by atoms with Gasteiger partial charge >= 0.3 is 5.97 Å². The number of carboxylic acid groups (broad SMARTS) is 1. The van der Waals surface area contributed by atoms with Crippen molar-refractivity contribution in [3.63, 3.8) is 0 Å². The number of nitrogens with one attached hydrogen (secondary N) is 1. The highest BCUT2D eigenvalue weighted by molar-refractivity contribution is 5.83. The lowest BCUT2D eigenvalue weighted by Gasteiger charge is -2.18. The third kappa shape index (κ3) is 5.24. The van der Waals surface area contributed by atoms with Gasteiger partial charge in [0.25, 0.3) is 0 Å². The van der Waals surface area contributed by atoms with Crippen LogP contribution in [0, 0.1) is 0 Å². The second-order valence-electron chi connectivity index (χ2n) is 5.98. The molecule has 26 heavy (non-hydrogen) atoms. The van der Waals surface area contributed by atoms with Crippen molar-refractivity contribution in [3.05, 3.63) is 59.7 Å². The maximum absolute atomic E-state index is 12.5. The lowest BCUT2D eigenvalue weighted by atomic mass is 9.99. The molecule has 0 saturated carbocycles. The molecule has 0 aromatic heterocycles. The Bertz CT molecular complexity index is 740. The van der Waals surface area contributed by atoms with Gasteiger partial charge in [0, 0.05) is 0 Å². The zero-order valence-electron chi connectivity index (χ0n) is 15.1. The Morgan fingerprint density at radius 2 is 1.50 bits per heavy atom. The van der Waals surface area contributed by atoms with Crippen LogP contribution in [0.15, 0.2) is 48.5 Å². The van der Waals surface area contributed by atoms with Crippen molar-refractivity contribution < 1.29 is 24.2 Å². The van der Waals surface area contributed by atoms with E-state index in [1.54, 1.807) is 31.4 Å². The van der Waals surface area contributed by atoms with E-state index in [1.165, 1.54) is 0 Å². The van der Waals surface area contributed by atoms with Gasteiger partial charge in [0.15, 0.2) is 6.61 Å². The van der Waals surface area contributed by atoms with Crippen LogP contribution in [0.4, 0.5) is 0 Å². The maximum atomic E-state index is 12.5. The normalized spacial score (nSPS) is 12.7. The van der Waals surface area contributed by atoms with E-state index in [4.69, 9.17) is 14.6 Å². The van der Waals surface area contributed by atoms with Gasteiger partial charge in [-0.2, -0.15) is 0 Å². The molecule has 0 aliphatic rings. The molecular formula is C20H23NO5. The number of ether oxygens (including phenoxy) is 2. The number of hydrogen-bond donors (Lipinski definition) is 2. The van der Waals surface area contributed by atoms with Gasteiger partial charge in [-0.15, -0.1) is 0 Å². The fraction of sp³-hybridized carbons (Fsp3) is 0.300. The quantitative estimate of drug-likeness (QED) is 0.758. The van der Waals surface area contributed by atoms with Crippen molar-refractivity contribution in [1.82, 2.24) is 5.32 Å². The lowest BCUT2D eigenvalue weighted by Crippen LogP contribution is -2.30. The van der Waals surface area contributed by atoms with Crippen LogP contribution in [0.1, 0.15) is 36.9 Å². The van der Waals surface area contributed by atoms with E-state index in [9.17, 15) is 9.59 Å². The van der Waals surface area contributed by atoms with Crippen LogP contribution in [0.3, 0.4) is 0 Å². The number of carbonyl (C=O) groups excluding carboxylic acids is 1. The predicted molar refractivity (Wildman–Crippen MR) is 97.5 cm³/mol. The van der Waals surface area contributed by atoms with Crippen molar-refractivity contribution in [2.24, 2.45) is 0 Å². The molecule has 6 heteroatoms. The summed E-state index contributed by atoms with van der Waals surface area (Å²) in [6, 6.07) is 14.2. The topological polar surface area (TPSA) is 84.9 Å². The minimum absolute atomic E-state index is 0.0751. The van der Waals surface area contributed by atoms with Crippen LogP contribution in [0.5, 0.6) is 11.5 Å². The van der Waals surface area contributed by atoms with Crippen LogP contribution in [0.2, 0.25) is 0 Å². The molecule has 0 saturated heterocycles. The van der Waals surface area contributed by atoms with Gasteiger partial charge in [-0.3, -0.25) is 4.79 Å². The molecular weight excluding hydrogens is 334 g/mol. The molecule has 6 nitrogen and oxygen atoms in total. The van der Waals surface area contributed by atoms with Crippen LogP contribution in [-0.4, -0.2) is 30.7 Å². The first kappa shape index (κ1) is 19.3. The van der Waals surface area contributed by atoms with Gasteiger partial charge in [0.05, 0.1) is 19.1 Å². The Morgan fingerprint density at radius 1 is 0.962 bits per heavy atom. The van der Waals surface area contributed by atoms with Crippen molar-refractivity contribution in [1.29, 1.82) is 0 Å². The average Bonchev–Trinajstić information content (AvgIpc) is 2.66. The van der Waals surface area contributed by atoms with Crippen LogP contribution in [0.25, 0.3) is 0 Å². The largest absolute Gasteiger partial charge is 0.497 e. The van der Waals surface area contributed by atoms with Gasteiger partial charge in [-0.25, -0.2) is 4.79 Å². The first-order chi connectivity index (χ1) is 12.4. The second kappa shape index (κ2) is 8.89. The summed E-state index contributed by atoms with van der Waals surface area (Å²) in [4.78, 5) is 23.0. The molecule has 2 atom stereocenters. The summed E-state index contributed by atoms with van der Waals surface area (Å²) in [6.45, 7) is 3.36. The Balaban J connectivity index is 1.95. The zero-order valence-corrected chi connectivity index (χ0v) is 15.1. The number of rotatable bonds is 8. The molecule has 138 valence electrons. The summed E-state index contributed by atoms with van der Waals surface area (Å²) < 4.78 is 10.2. The zero-order chi connectivity index (χ0) is 19.1. The van der Waals surface area contributed by atoms with Crippen LogP contribution >= 0.6 is 0 Å². The molecule has 0 heterocycles. The Kier molecular flexibility index (Phi) is 6.60. The standard InChI is InChI=1S/C20H23NO5/c1-13(15-4-8-17(25-3)9-5-15)20(24)21-14(2)16-6-10-18(11-7-16)26-12-19(22)23/h4-11,13-14H,12H2,1-3H3,(H,21,24)(H,22,23). The Morgan fingerprint density at radius 3 is 2.04 bits per heavy atom. The number of aliphatic carboxylic acids is 1. The molecule has 2 N–H and O–H groups in total. The summed E-state index contributed by atoms with van der Waals surface area (Å²) in [5.41, 5.74) is 1.82. The smallest absolute Gasteiger partial charge is 0.341 e. The monoisotopic (exact) mass is 357 g/mol. The first-order valence-corrected chi connectivity index (χ1v) is 8.29. The highest BCUT2D eigenvalue weighted by Gasteiger charge is 2.18. The number of methoxy groups -OCH3 is 1. The SMILES string of the molecule is COc1ccc(C(C)C(=O)NC(C)c2ccc(OCC(=O)O)cc2)cc1. The third-order valence-electron chi connectivity index (χ3n) is 4.11. The number of carbonyl (C=O) groups is 2. The van der Waals surface area contributed by atoms with Crippen molar-refractivity contribution in [3.8, 4) is 11.5 Å². The lowest BCUT2D eigenvalue weighted by molar-refractivity contribution is -0.139. The molecule has 0 aliphatic carbocycles. The molecule has 0 aliphatic heterocycles. The maximum Gasteiger partial charge on any atom is 0.341 e. The minimum Gasteiger partial charge on any atom is -0.497 e. The summed E-state index contributed by atoms with van der Waals surface area (Å²) in [6.07, 6.45) is 0. The number of carboxylic acids is 1. The van der Waals surface area contributed by atoms with E-state index >= 15 is 0 Å². The molecule has 0 fully saturated rings. The summed E-state index contributed by atoms with van der Waals surface area (Å²) in [5.74, 6) is -0.168. The average molecular weight is 357 g/mol. The molecule has 0 spiro atoms. The van der Waals surface area contributed by atoms with Crippen molar-refractivity contribution >= 4 is 11.9 Å². The van der Waals surface area contributed by atoms with E-state index in [0.717, 1.165) is 16.9 Å². The van der Waals surface area contributed by atoms with Crippen LogP contribution in [-0.2, 0) is 9.59 Å². The summed E-state index contributed by atoms with van der Waals surface area (Å²) in [7, 11) is 1.60. The highest BCUT2D eigenvalue weighted by Crippen LogP contribution is 2.22. The second-order valence-corrected chi connectivity index (χ2v) is 5.98. The van der Waals surface area contributed by atoms with Gasteiger partial charge < -0.3 is 19.9 Å². The van der Waals surface area contributed by atoms with Crippen molar-refractivity contribution in [2.75, 3.05) is 13.7 Å². The fourth-order valence-corrected chi connectivity index (χ4v) is 2.46. The van der Waals surface area contributed by atoms with Crippen molar-refractivity contribution in [2.45, 2.75) is 25.8 Å². The highest BCUT2D eigenvalue weighted by atomic mass is 16.5. The van der Waals surface area contributed by atoms with Gasteiger partial charge in [0.1, 0.15) is 11.5 Å². The van der Waals surface area contributed by atoms with Gasteiger partial charge in [-0.1, -0.05) is 24.3 Å². The molecule has 2 aromatic rings. The number of hydrogen-bond acceptors (Lipinski definition) is 4. The van der Waals surface area contributed by atoms with E-state index < -0.39 is 5.97 Å². The minimum atomic E-state index is -1.03. The summed E-state index contributed by atoms with van der Waals surface area (Å²) in [5, 5.41) is 11.6. The molecule has 0 radical (unpaired) electrons. The Labute approximate surface area is 152 Å². The summed E-state index contributed by atoms with van der Waals surface area (Å²) >= 11 is 0. The predicted octanol–water partition coefficient (Wildman–Crippen LogP) is 3.14. The van der Waals surface area contributed by atoms with E-state index in [-0.39, 0.29) is 24.5 Å². The molecule has 2 rings (SSSR count). The first-order valence-electron chi connectivity index (χ1n) is 8.29. The fourth-order valence-electron chi connectivity index (χ4n) is 2.46. The van der Waals surface area contributed by atoms with Gasteiger partial charge in [-0.05, 0) is 49.2 Å². The van der Waals surface area contributed by atoms with Crippen LogP contribution < -0.4 is 14.8 Å². The van der Waals surface area contributed by atoms with E-state index in [0.29, 0.717) is 5.75 Å². The third-order valence-corrected chi connectivity index (χ3v) is 4.11. The molecule has 2 aromatic carbocycles. The Hall–Kier alpha value is -3.02. The van der Waals surface area contributed by atoms with Gasteiger partial charge in [0.2, 0.25) is 5.91 Å². The molecule has 0 bridgehead atoms.